The third-order valence-electron chi connectivity index (χ3n) is 8.06. The number of carbonyl (C=O) groups is 3. The number of aliphatic hydroxyl groups is 3. The van der Waals surface area contributed by atoms with Gasteiger partial charge >= 0.3 is 0 Å². The van der Waals surface area contributed by atoms with E-state index in [9.17, 15) is 44.3 Å². The molecule has 5 rings (SSSR count). The Hall–Kier alpha value is -3.42. The molecular weight excluding hydrogens is 531 g/mol. The van der Waals surface area contributed by atoms with E-state index < -0.39 is 102 Å². The number of ketones is 3. The van der Waals surface area contributed by atoms with Gasteiger partial charge in [-0.05, 0) is 12.0 Å². The first kappa shape index (κ1) is 28.1. The van der Waals surface area contributed by atoms with Crippen molar-refractivity contribution >= 4 is 17.3 Å². The molecule has 0 spiro atoms. The Kier molecular flexibility index (Phi) is 7.17. The third-order valence-corrected chi connectivity index (χ3v) is 8.06. The molecule has 0 bridgehead atoms. The first-order chi connectivity index (χ1) is 19.0. The zero-order valence-electron chi connectivity index (χ0n) is 21.7. The van der Waals surface area contributed by atoms with E-state index in [1.54, 1.807) is 6.92 Å². The quantitative estimate of drug-likeness (QED) is 0.274. The number of hydrogen-bond donors (Lipinski definition) is 5. The van der Waals surface area contributed by atoms with Gasteiger partial charge in [-0.1, -0.05) is 19.1 Å². The number of Topliss-reactive ketones (excluding diaryl/α,β-unsaturated/α-hetero) is 1. The summed E-state index contributed by atoms with van der Waals surface area (Å²) < 4.78 is 30.3. The lowest BCUT2D eigenvalue weighted by Gasteiger charge is -2.42. The number of carbonyl (C=O) groups excluding carboxylic acids is 3. The average Bonchev–Trinajstić information content (AvgIpc) is 2.94. The first-order valence-corrected chi connectivity index (χ1v) is 12.8. The maximum absolute atomic E-state index is 13.7. The van der Waals surface area contributed by atoms with Crippen LogP contribution in [0.15, 0.2) is 18.2 Å². The second-order valence-electron chi connectivity index (χ2n) is 10.5. The molecule has 0 amide bonds. The molecule has 2 aliphatic carbocycles. The van der Waals surface area contributed by atoms with Crippen LogP contribution in [0.25, 0.3) is 0 Å². The first-order valence-electron chi connectivity index (χ1n) is 12.8. The van der Waals surface area contributed by atoms with Crippen LogP contribution < -0.4 is 4.74 Å². The van der Waals surface area contributed by atoms with Gasteiger partial charge in [0, 0.05) is 36.0 Å². The van der Waals surface area contributed by atoms with Crippen LogP contribution >= 0.6 is 0 Å². The summed E-state index contributed by atoms with van der Waals surface area (Å²) in [5, 5.41) is 53.8. The molecule has 1 fully saturated rings. The van der Waals surface area contributed by atoms with Crippen molar-refractivity contribution in [2.75, 3.05) is 20.4 Å². The number of rotatable bonds is 6. The number of halogens is 1. The van der Waals surface area contributed by atoms with Gasteiger partial charge in [-0.2, -0.15) is 0 Å². The van der Waals surface area contributed by atoms with Gasteiger partial charge in [0.25, 0.3) is 0 Å². The van der Waals surface area contributed by atoms with Crippen LogP contribution in [0.2, 0.25) is 0 Å². The monoisotopic (exact) mass is 560 g/mol. The van der Waals surface area contributed by atoms with Gasteiger partial charge in [-0.15, -0.1) is 0 Å². The van der Waals surface area contributed by atoms with Gasteiger partial charge in [0.15, 0.2) is 17.9 Å². The Morgan fingerprint density at radius 1 is 1.15 bits per heavy atom. The molecule has 1 aliphatic heterocycles. The molecule has 12 heteroatoms. The average molecular weight is 561 g/mol. The highest BCUT2D eigenvalue weighted by Gasteiger charge is 2.50. The molecule has 11 nitrogen and oxygen atoms in total. The van der Waals surface area contributed by atoms with Crippen molar-refractivity contribution in [1.29, 1.82) is 0 Å². The van der Waals surface area contributed by atoms with Gasteiger partial charge < -0.3 is 39.7 Å². The third kappa shape index (κ3) is 4.18. The van der Waals surface area contributed by atoms with Gasteiger partial charge in [-0.3, -0.25) is 14.4 Å². The van der Waals surface area contributed by atoms with Gasteiger partial charge in [0.1, 0.15) is 42.2 Å². The summed E-state index contributed by atoms with van der Waals surface area (Å²) in [4.78, 5) is 39.8. The van der Waals surface area contributed by atoms with Crippen molar-refractivity contribution in [3.63, 3.8) is 0 Å². The number of phenols is 2. The predicted molar refractivity (Wildman–Crippen MR) is 133 cm³/mol. The number of methoxy groups -OCH3 is 1. The normalized spacial score (nSPS) is 29.4. The van der Waals surface area contributed by atoms with E-state index in [1.165, 1.54) is 25.3 Å². The highest BCUT2D eigenvalue weighted by molar-refractivity contribution is 6.31. The summed E-state index contributed by atoms with van der Waals surface area (Å²) in [7, 11) is 1.31. The Bertz CT molecular complexity index is 1410. The highest BCUT2D eigenvalue weighted by atomic mass is 19.1. The number of alkyl halides is 1. The molecule has 214 valence electrons. The van der Waals surface area contributed by atoms with Crippen LogP contribution in [0.4, 0.5) is 4.39 Å². The molecule has 40 heavy (non-hydrogen) atoms. The summed E-state index contributed by atoms with van der Waals surface area (Å²) in [5.74, 6) is -4.41. The second-order valence-corrected chi connectivity index (χ2v) is 10.5. The van der Waals surface area contributed by atoms with Gasteiger partial charge in [-0.25, -0.2) is 4.39 Å². The minimum Gasteiger partial charge on any atom is -0.507 e. The molecule has 3 aliphatic rings. The fourth-order valence-electron chi connectivity index (χ4n) is 5.93. The van der Waals surface area contributed by atoms with Crippen LogP contribution in [0.1, 0.15) is 68.8 Å². The number of benzene rings is 2. The van der Waals surface area contributed by atoms with E-state index in [4.69, 9.17) is 14.2 Å². The number of aromatic hydroxyl groups is 2. The maximum Gasteiger partial charge on any atom is 0.202 e. The van der Waals surface area contributed by atoms with E-state index >= 15 is 0 Å². The predicted octanol–water partition coefficient (Wildman–Crippen LogP) is 1.26. The maximum atomic E-state index is 13.7. The van der Waals surface area contributed by atoms with Gasteiger partial charge in [0.05, 0.1) is 36.0 Å². The lowest BCUT2D eigenvalue weighted by Crippen LogP contribution is -2.49. The zero-order valence-corrected chi connectivity index (χ0v) is 21.7. The Morgan fingerprint density at radius 3 is 2.50 bits per heavy atom. The highest BCUT2D eigenvalue weighted by Crippen LogP contribution is 2.52. The molecular formula is C28H29FO11. The van der Waals surface area contributed by atoms with E-state index in [0.29, 0.717) is 0 Å². The Morgan fingerprint density at radius 2 is 1.85 bits per heavy atom. The Balaban J connectivity index is 1.68. The largest absolute Gasteiger partial charge is 0.507 e. The molecule has 0 aromatic heterocycles. The molecule has 2 aromatic carbocycles. The second kappa shape index (κ2) is 10.2. The van der Waals surface area contributed by atoms with Crippen LogP contribution in [0.5, 0.6) is 17.2 Å². The van der Waals surface area contributed by atoms with Crippen molar-refractivity contribution in [2.24, 2.45) is 5.92 Å². The fourth-order valence-corrected chi connectivity index (χ4v) is 5.93. The smallest absolute Gasteiger partial charge is 0.202 e. The van der Waals surface area contributed by atoms with Crippen LogP contribution in [0, 0.1) is 5.92 Å². The lowest BCUT2D eigenvalue weighted by molar-refractivity contribution is -0.261. The number of hydrogen-bond acceptors (Lipinski definition) is 11. The molecule has 0 saturated carbocycles. The Labute approximate surface area is 227 Å². The molecule has 1 heterocycles. The van der Waals surface area contributed by atoms with Crippen LogP contribution in [-0.2, 0) is 20.7 Å². The molecule has 6 atom stereocenters. The number of fused-ring (bicyclic) bond motifs is 3. The summed E-state index contributed by atoms with van der Waals surface area (Å²) in [6, 6.07) is 4.32. The minimum atomic E-state index is -2.29. The van der Waals surface area contributed by atoms with E-state index in [1.807, 2.05) is 0 Å². The summed E-state index contributed by atoms with van der Waals surface area (Å²) >= 11 is 0. The molecule has 0 radical (unpaired) electrons. The standard InChI is InChI=1S/C28H29FO11/c1-11-6-18(40-16(9-29)23(11)32)39-15-8-28(37,17(31)10-30)7-13-20(15)27(36)22-21(25(13)34)24(33)12-4-3-5-14(38-2)19(12)26(22)35/h3-5,11,15-16,18,23,30,32,34,36-37H,6-10H2,1-2H3/t11?,15?,16?,18?,23?,28-/m0/s1. The number of ether oxygens (including phenoxy) is 3. The van der Waals surface area contributed by atoms with E-state index in [-0.39, 0.29) is 34.4 Å². The van der Waals surface area contributed by atoms with Crippen molar-refractivity contribution in [2.45, 2.75) is 56.4 Å². The summed E-state index contributed by atoms with van der Waals surface area (Å²) in [6.07, 6.45) is -5.95. The molecule has 5 N–H and O–H groups in total. The summed E-state index contributed by atoms with van der Waals surface area (Å²) in [6.45, 7) is -0.410. The minimum absolute atomic E-state index is 0.0720. The van der Waals surface area contributed by atoms with Crippen molar-refractivity contribution < 1.29 is 58.5 Å². The molecule has 2 aromatic rings. The van der Waals surface area contributed by atoms with Crippen molar-refractivity contribution in [1.82, 2.24) is 0 Å². The van der Waals surface area contributed by atoms with Crippen LogP contribution in [-0.4, -0.2) is 87.4 Å². The zero-order chi connectivity index (χ0) is 29.1. The van der Waals surface area contributed by atoms with E-state index in [2.05, 4.69) is 0 Å². The SMILES string of the molecule is COc1cccc2c1C(=O)c1c(O)c3c(c(O)c1C2=O)C[C@@](O)(C(=O)CO)CC3OC1CC(C)C(O)C(CF)O1. The number of phenolic OH excluding ortho intramolecular Hbond substituents is 2. The van der Waals surface area contributed by atoms with Crippen molar-refractivity contribution in [3.05, 3.63) is 51.6 Å². The van der Waals surface area contributed by atoms with Crippen LogP contribution in [0.3, 0.4) is 0 Å². The number of aliphatic hydroxyl groups excluding tert-OH is 2. The van der Waals surface area contributed by atoms with Gasteiger partial charge in [0.2, 0.25) is 5.78 Å². The van der Waals surface area contributed by atoms with E-state index in [0.717, 1.165) is 0 Å². The van der Waals surface area contributed by atoms with Crippen molar-refractivity contribution in [3.8, 4) is 17.2 Å². The molecule has 5 unspecified atom stereocenters. The molecule has 1 saturated heterocycles. The summed E-state index contributed by atoms with van der Waals surface area (Å²) in [5.41, 5.74) is -3.86. The topological polar surface area (TPSA) is 180 Å². The lowest BCUT2D eigenvalue weighted by atomic mass is 9.72. The fraction of sp³-hybridized carbons (Fsp3) is 0.464.